The second-order valence-corrected chi connectivity index (χ2v) is 8.36. The van der Waals surface area contributed by atoms with Gasteiger partial charge in [-0.2, -0.15) is 16.8 Å². The van der Waals surface area contributed by atoms with E-state index in [-0.39, 0.29) is 5.91 Å². The van der Waals surface area contributed by atoms with Gasteiger partial charge in [0, 0.05) is 23.3 Å². The zero-order valence-corrected chi connectivity index (χ0v) is 17.1. The number of rotatable bonds is 7. The van der Waals surface area contributed by atoms with Crippen molar-refractivity contribution in [2.45, 2.75) is 13.5 Å². The fourth-order valence-electron chi connectivity index (χ4n) is 2.47. The number of aryl methyl sites for hydroxylation is 1. The number of thioether (sulfide) groups is 1. The van der Waals surface area contributed by atoms with Crippen LogP contribution < -0.4 is 9.54 Å². The normalized spacial score (nSPS) is 12.3. The van der Waals surface area contributed by atoms with Crippen molar-refractivity contribution in [3.63, 3.8) is 0 Å². The quantitative estimate of drug-likeness (QED) is 0.538. The van der Waals surface area contributed by atoms with Crippen molar-refractivity contribution in [2.75, 3.05) is 18.6 Å². The highest BCUT2D eigenvalue weighted by Crippen LogP contribution is 2.23. The predicted molar refractivity (Wildman–Crippen MR) is 113 cm³/mol. The molecule has 0 aliphatic rings. The Morgan fingerprint density at radius 2 is 2.27 bits per heavy atom. The molecule has 0 aliphatic carbocycles. The predicted octanol–water partition coefficient (Wildman–Crippen LogP) is 4.67. The minimum absolute atomic E-state index is 0.243. The maximum Gasteiger partial charge on any atom is 0.272 e. The van der Waals surface area contributed by atoms with Crippen LogP contribution in [0.5, 0.6) is 5.75 Å². The largest absolute Gasteiger partial charge is 0.494 e. The molecule has 3 rings (SSSR count). The molecule has 0 fully saturated rings. The van der Waals surface area contributed by atoms with E-state index in [0.29, 0.717) is 6.61 Å². The highest BCUT2D eigenvalue weighted by Gasteiger charge is 2.08. The maximum atomic E-state index is 12.3. The number of carbonyl (C=O) groups is 1. The van der Waals surface area contributed by atoms with Crippen LogP contribution in [0.1, 0.15) is 11.8 Å². The number of hydrogen-bond acceptors (Lipinski definition) is 5. The highest BCUT2D eigenvalue weighted by molar-refractivity contribution is 7.98. The van der Waals surface area contributed by atoms with Gasteiger partial charge < -0.3 is 9.30 Å². The molecule has 4 nitrogen and oxygen atoms in total. The molecule has 2 aromatic heterocycles. The van der Waals surface area contributed by atoms with Crippen LogP contribution in [0.25, 0.3) is 16.3 Å². The number of thiophene rings is 1. The van der Waals surface area contributed by atoms with E-state index in [2.05, 4.69) is 15.8 Å². The Labute approximate surface area is 164 Å². The summed E-state index contributed by atoms with van der Waals surface area (Å²) in [6.07, 6.45) is 5.41. The van der Waals surface area contributed by atoms with Gasteiger partial charge in [-0.1, -0.05) is 17.4 Å². The number of benzene rings is 1. The summed E-state index contributed by atoms with van der Waals surface area (Å²) in [4.78, 5) is 18.4. The standard InChI is InChI=1S/C19H20N2O2S3/c1-3-23-14-6-8-16-17(13-14)26-19(21(16)10-12-24-2)20-18(22)9-7-15-5-4-11-25-15/h4-9,11,13H,3,10,12H2,1-2H3. The van der Waals surface area contributed by atoms with E-state index in [1.54, 1.807) is 23.1 Å². The van der Waals surface area contributed by atoms with Gasteiger partial charge in [-0.15, -0.1) is 11.3 Å². The van der Waals surface area contributed by atoms with E-state index < -0.39 is 0 Å². The summed E-state index contributed by atoms with van der Waals surface area (Å²) in [6.45, 7) is 3.42. The summed E-state index contributed by atoms with van der Waals surface area (Å²) >= 11 is 4.89. The Kier molecular flexibility index (Phi) is 6.71. The van der Waals surface area contributed by atoms with Gasteiger partial charge in [0.2, 0.25) is 0 Å². The van der Waals surface area contributed by atoms with Crippen LogP contribution in [0, 0.1) is 0 Å². The maximum absolute atomic E-state index is 12.3. The lowest BCUT2D eigenvalue weighted by Crippen LogP contribution is -2.17. The summed E-state index contributed by atoms with van der Waals surface area (Å²) in [6, 6.07) is 9.97. The SMILES string of the molecule is CCOc1ccc2c(c1)sc(=NC(=O)C=Cc1cccs1)n2CCSC. The molecule has 1 amide bonds. The van der Waals surface area contributed by atoms with E-state index in [1.807, 2.05) is 48.7 Å². The Bertz CT molecular complexity index is 968. The van der Waals surface area contributed by atoms with E-state index in [4.69, 9.17) is 4.74 Å². The molecule has 26 heavy (non-hydrogen) atoms. The molecule has 3 aromatic rings. The van der Waals surface area contributed by atoms with E-state index in [0.717, 1.165) is 37.9 Å². The third kappa shape index (κ3) is 4.66. The molecule has 0 atom stereocenters. The lowest BCUT2D eigenvalue weighted by Gasteiger charge is -2.05. The second kappa shape index (κ2) is 9.21. The zero-order chi connectivity index (χ0) is 18.4. The minimum atomic E-state index is -0.243. The van der Waals surface area contributed by atoms with Crippen molar-refractivity contribution in [3.05, 3.63) is 51.5 Å². The van der Waals surface area contributed by atoms with Gasteiger partial charge in [0.1, 0.15) is 5.75 Å². The van der Waals surface area contributed by atoms with Crippen LogP contribution in [0.4, 0.5) is 0 Å². The summed E-state index contributed by atoms with van der Waals surface area (Å²) in [5.41, 5.74) is 1.08. The number of nitrogens with zero attached hydrogens (tertiary/aromatic N) is 2. The molecule has 0 saturated carbocycles. The van der Waals surface area contributed by atoms with Crippen LogP contribution in [0.2, 0.25) is 0 Å². The lowest BCUT2D eigenvalue weighted by atomic mass is 10.3. The summed E-state index contributed by atoms with van der Waals surface area (Å²) in [7, 11) is 0. The smallest absolute Gasteiger partial charge is 0.272 e. The summed E-state index contributed by atoms with van der Waals surface area (Å²) in [5.74, 6) is 1.56. The second-order valence-electron chi connectivity index (χ2n) is 5.39. The molecule has 7 heteroatoms. The molecule has 0 saturated heterocycles. The fourth-order valence-corrected chi connectivity index (χ4v) is 4.54. The highest BCUT2D eigenvalue weighted by atomic mass is 32.2. The first kappa shape index (κ1) is 18.9. The van der Waals surface area contributed by atoms with Crippen molar-refractivity contribution in [1.82, 2.24) is 4.57 Å². The number of ether oxygens (including phenoxy) is 1. The zero-order valence-electron chi connectivity index (χ0n) is 14.7. The number of fused-ring (bicyclic) bond motifs is 1. The summed E-state index contributed by atoms with van der Waals surface area (Å²) in [5, 5.41) is 1.99. The Balaban J connectivity index is 1.97. The molecule has 0 bridgehead atoms. The number of amides is 1. The average molecular weight is 405 g/mol. The molecule has 0 radical (unpaired) electrons. The van der Waals surface area contributed by atoms with Gasteiger partial charge >= 0.3 is 0 Å². The van der Waals surface area contributed by atoms with Crippen LogP contribution in [-0.2, 0) is 11.3 Å². The van der Waals surface area contributed by atoms with Crippen molar-refractivity contribution in [2.24, 2.45) is 4.99 Å². The number of hydrogen-bond donors (Lipinski definition) is 0. The van der Waals surface area contributed by atoms with Crippen molar-refractivity contribution >= 4 is 56.6 Å². The lowest BCUT2D eigenvalue weighted by molar-refractivity contribution is -0.113. The third-order valence-corrected chi connectivity index (χ3v) is 6.09. The topological polar surface area (TPSA) is 43.6 Å². The van der Waals surface area contributed by atoms with E-state index in [1.165, 1.54) is 17.4 Å². The number of carbonyl (C=O) groups excluding carboxylic acids is 1. The molecule has 0 spiro atoms. The molecule has 136 valence electrons. The van der Waals surface area contributed by atoms with Crippen molar-refractivity contribution < 1.29 is 9.53 Å². The van der Waals surface area contributed by atoms with Gasteiger partial charge in [-0.05, 0) is 48.9 Å². The summed E-state index contributed by atoms with van der Waals surface area (Å²) < 4.78 is 8.78. The van der Waals surface area contributed by atoms with Crippen molar-refractivity contribution in [3.8, 4) is 5.75 Å². The molecular formula is C19H20N2O2S3. The first-order valence-electron chi connectivity index (χ1n) is 8.26. The van der Waals surface area contributed by atoms with Crippen molar-refractivity contribution in [1.29, 1.82) is 0 Å². The first-order chi connectivity index (χ1) is 12.7. The van der Waals surface area contributed by atoms with Gasteiger partial charge in [0.05, 0.1) is 16.8 Å². The van der Waals surface area contributed by atoms with Gasteiger partial charge in [0.15, 0.2) is 4.80 Å². The van der Waals surface area contributed by atoms with E-state index in [9.17, 15) is 4.79 Å². The minimum Gasteiger partial charge on any atom is -0.494 e. The Morgan fingerprint density at radius 3 is 3.00 bits per heavy atom. The first-order valence-corrected chi connectivity index (χ1v) is 11.4. The Morgan fingerprint density at radius 1 is 1.38 bits per heavy atom. The molecule has 2 heterocycles. The number of thiazole rings is 1. The molecule has 0 aliphatic heterocycles. The monoisotopic (exact) mass is 404 g/mol. The van der Waals surface area contributed by atoms with Crippen LogP contribution >= 0.6 is 34.4 Å². The number of aromatic nitrogens is 1. The molecular weight excluding hydrogens is 384 g/mol. The average Bonchev–Trinajstić information content (AvgIpc) is 3.26. The van der Waals surface area contributed by atoms with Crippen LogP contribution in [0.15, 0.2) is 46.8 Å². The van der Waals surface area contributed by atoms with E-state index >= 15 is 0 Å². The fraction of sp³-hybridized carbons (Fsp3) is 0.263. The Hall–Kier alpha value is -1.83. The van der Waals surface area contributed by atoms with Gasteiger partial charge in [0.25, 0.3) is 5.91 Å². The van der Waals surface area contributed by atoms with Crippen LogP contribution in [-0.4, -0.2) is 29.1 Å². The van der Waals surface area contributed by atoms with Gasteiger partial charge in [-0.3, -0.25) is 4.79 Å². The van der Waals surface area contributed by atoms with Gasteiger partial charge in [-0.25, -0.2) is 0 Å². The molecule has 0 N–H and O–H groups in total. The molecule has 0 unspecified atom stereocenters. The molecule has 1 aromatic carbocycles. The third-order valence-electron chi connectivity index (χ3n) is 3.62. The van der Waals surface area contributed by atoms with Crippen LogP contribution in [0.3, 0.4) is 0 Å².